The lowest BCUT2D eigenvalue weighted by molar-refractivity contribution is 0.620. The SMILES string of the molecule is c1ccc(-c2cccc(N(c3ccc(-c4cccc5ccc6oc(-c7ccccc7)nc6c45)cc3)c3ccc4c(c3)c3ccccc3n4-c3ccccc3)c2)cc1. The van der Waals surface area contributed by atoms with Gasteiger partial charge in [-0.15, -0.1) is 0 Å². The standard InChI is InChI=1S/C53H35N3O/c1-4-14-36(15-5-1)40-19-12-22-43(34-40)55(44-31-32-49-47(35-44)46-23-10-11-25-48(46)56(49)41-20-8-3-9-21-41)42-29-26-37(27-30-42)45-24-13-18-38-28-33-50-52(51(38)45)54-53(57-50)39-16-6-2-7-17-39/h1-35H. The molecule has 4 heteroatoms. The Morgan fingerprint density at radius 3 is 1.88 bits per heavy atom. The summed E-state index contributed by atoms with van der Waals surface area (Å²) in [5.41, 5.74) is 13.9. The number of hydrogen-bond acceptors (Lipinski definition) is 3. The van der Waals surface area contributed by atoms with Crippen LogP contribution in [0, 0.1) is 0 Å². The van der Waals surface area contributed by atoms with E-state index in [1.807, 2.05) is 36.4 Å². The Balaban J connectivity index is 1.07. The van der Waals surface area contributed by atoms with Crippen molar-refractivity contribution in [2.45, 2.75) is 0 Å². The van der Waals surface area contributed by atoms with E-state index in [4.69, 9.17) is 9.40 Å². The molecule has 0 amide bonds. The summed E-state index contributed by atoms with van der Waals surface area (Å²) >= 11 is 0. The Morgan fingerprint density at radius 2 is 1.07 bits per heavy atom. The summed E-state index contributed by atoms with van der Waals surface area (Å²) in [6, 6.07) is 75.2. The second-order valence-corrected chi connectivity index (χ2v) is 14.4. The Hall–Kier alpha value is -7.69. The van der Waals surface area contributed by atoms with Crippen LogP contribution in [0.4, 0.5) is 17.1 Å². The predicted octanol–water partition coefficient (Wildman–Crippen LogP) is 14.5. The number of para-hydroxylation sites is 2. The van der Waals surface area contributed by atoms with E-state index in [-0.39, 0.29) is 0 Å². The van der Waals surface area contributed by atoms with Crippen LogP contribution in [0.3, 0.4) is 0 Å². The van der Waals surface area contributed by atoms with Gasteiger partial charge in [0, 0.05) is 44.5 Å². The molecule has 0 aliphatic carbocycles. The third kappa shape index (κ3) is 5.66. The molecule has 2 heterocycles. The van der Waals surface area contributed by atoms with Gasteiger partial charge in [0.2, 0.25) is 5.89 Å². The highest BCUT2D eigenvalue weighted by atomic mass is 16.3. The topological polar surface area (TPSA) is 34.2 Å². The Bertz CT molecular complexity index is 3220. The number of aromatic nitrogens is 2. The fraction of sp³-hybridized carbons (Fsp3) is 0. The molecule has 11 aromatic rings. The third-order valence-corrected chi connectivity index (χ3v) is 11.0. The molecule has 0 aliphatic heterocycles. The molecule has 0 N–H and O–H groups in total. The summed E-state index contributed by atoms with van der Waals surface area (Å²) in [5.74, 6) is 0.625. The van der Waals surface area contributed by atoms with Crippen LogP contribution in [-0.2, 0) is 0 Å². The lowest BCUT2D eigenvalue weighted by Crippen LogP contribution is -2.10. The van der Waals surface area contributed by atoms with Gasteiger partial charge in [-0.05, 0) is 107 Å². The van der Waals surface area contributed by atoms with E-state index < -0.39 is 0 Å². The molecule has 2 aromatic heterocycles. The minimum Gasteiger partial charge on any atom is -0.436 e. The van der Waals surface area contributed by atoms with Crippen LogP contribution < -0.4 is 4.90 Å². The molecular weight excluding hydrogens is 695 g/mol. The van der Waals surface area contributed by atoms with Crippen molar-refractivity contribution in [1.82, 2.24) is 9.55 Å². The summed E-state index contributed by atoms with van der Waals surface area (Å²) in [4.78, 5) is 7.42. The van der Waals surface area contributed by atoms with Crippen molar-refractivity contribution in [2.75, 3.05) is 4.90 Å². The van der Waals surface area contributed by atoms with Crippen LogP contribution in [0.1, 0.15) is 0 Å². The molecule has 0 spiro atoms. The quantitative estimate of drug-likeness (QED) is 0.164. The van der Waals surface area contributed by atoms with Gasteiger partial charge in [-0.25, -0.2) is 4.98 Å². The molecule has 57 heavy (non-hydrogen) atoms. The second-order valence-electron chi connectivity index (χ2n) is 14.4. The van der Waals surface area contributed by atoms with Crippen LogP contribution in [0.15, 0.2) is 217 Å². The van der Waals surface area contributed by atoms with Gasteiger partial charge in [0.05, 0.1) is 11.0 Å². The van der Waals surface area contributed by atoms with Crippen molar-refractivity contribution < 1.29 is 4.42 Å². The van der Waals surface area contributed by atoms with Gasteiger partial charge in [0.1, 0.15) is 5.52 Å². The second kappa shape index (κ2) is 13.6. The highest BCUT2D eigenvalue weighted by Crippen LogP contribution is 2.42. The molecule has 0 bridgehead atoms. The molecular formula is C53H35N3O. The molecule has 0 unspecified atom stereocenters. The third-order valence-electron chi connectivity index (χ3n) is 11.0. The van der Waals surface area contributed by atoms with Crippen LogP contribution in [-0.4, -0.2) is 9.55 Å². The monoisotopic (exact) mass is 729 g/mol. The molecule has 0 atom stereocenters. The average Bonchev–Trinajstić information content (AvgIpc) is 3.88. The zero-order chi connectivity index (χ0) is 37.7. The molecule has 4 nitrogen and oxygen atoms in total. The van der Waals surface area contributed by atoms with Crippen LogP contribution in [0.25, 0.3) is 83.1 Å². The van der Waals surface area contributed by atoms with E-state index in [2.05, 4.69) is 185 Å². The van der Waals surface area contributed by atoms with Crippen molar-refractivity contribution in [2.24, 2.45) is 0 Å². The lowest BCUT2D eigenvalue weighted by Gasteiger charge is -2.26. The van der Waals surface area contributed by atoms with Crippen molar-refractivity contribution in [3.05, 3.63) is 212 Å². The minimum atomic E-state index is 0.625. The van der Waals surface area contributed by atoms with Gasteiger partial charge >= 0.3 is 0 Å². The molecule has 9 aromatic carbocycles. The van der Waals surface area contributed by atoms with E-state index in [0.29, 0.717) is 5.89 Å². The van der Waals surface area contributed by atoms with Crippen LogP contribution in [0.5, 0.6) is 0 Å². The number of fused-ring (bicyclic) bond motifs is 6. The van der Waals surface area contributed by atoms with Gasteiger partial charge in [-0.2, -0.15) is 0 Å². The first-order valence-corrected chi connectivity index (χ1v) is 19.3. The summed E-state index contributed by atoms with van der Waals surface area (Å²) in [6.45, 7) is 0. The number of nitrogens with zero attached hydrogens (tertiary/aromatic N) is 3. The first kappa shape index (κ1) is 32.7. The Kier molecular flexibility index (Phi) is 7.78. The first-order valence-electron chi connectivity index (χ1n) is 19.3. The van der Waals surface area contributed by atoms with Gasteiger partial charge in [0.25, 0.3) is 0 Å². The number of anilines is 3. The maximum absolute atomic E-state index is 6.31. The van der Waals surface area contributed by atoms with Crippen LogP contribution in [0.2, 0.25) is 0 Å². The smallest absolute Gasteiger partial charge is 0.227 e. The van der Waals surface area contributed by atoms with E-state index in [1.54, 1.807) is 0 Å². The summed E-state index contributed by atoms with van der Waals surface area (Å²) < 4.78 is 8.67. The number of hydrogen-bond donors (Lipinski definition) is 0. The minimum absolute atomic E-state index is 0.625. The lowest BCUT2D eigenvalue weighted by atomic mass is 9.97. The van der Waals surface area contributed by atoms with Crippen molar-refractivity contribution >= 4 is 60.7 Å². The Morgan fingerprint density at radius 1 is 0.421 bits per heavy atom. The van der Waals surface area contributed by atoms with Gasteiger partial charge in [0.15, 0.2) is 5.58 Å². The zero-order valence-electron chi connectivity index (χ0n) is 31.0. The molecule has 11 rings (SSSR count). The largest absolute Gasteiger partial charge is 0.436 e. The van der Waals surface area contributed by atoms with Gasteiger partial charge in [-0.3, -0.25) is 0 Å². The van der Waals surface area contributed by atoms with Gasteiger partial charge in [-0.1, -0.05) is 133 Å². The zero-order valence-corrected chi connectivity index (χ0v) is 31.0. The summed E-state index contributed by atoms with van der Waals surface area (Å²) in [7, 11) is 0. The van der Waals surface area contributed by atoms with E-state index in [9.17, 15) is 0 Å². The maximum Gasteiger partial charge on any atom is 0.227 e. The maximum atomic E-state index is 6.31. The fourth-order valence-electron chi connectivity index (χ4n) is 8.36. The molecule has 0 fully saturated rings. The first-order chi connectivity index (χ1) is 28.3. The normalized spacial score (nSPS) is 11.5. The fourth-order valence-corrected chi connectivity index (χ4v) is 8.36. The van der Waals surface area contributed by atoms with Crippen LogP contribution >= 0.6 is 0 Å². The molecule has 0 saturated heterocycles. The Labute approximate surface area is 330 Å². The van der Waals surface area contributed by atoms with E-state index in [0.717, 1.165) is 61.3 Å². The van der Waals surface area contributed by atoms with Crippen molar-refractivity contribution in [1.29, 1.82) is 0 Å². The van der Waals surface area contributed by atoms with E-state index >= 15 is 0 Å². The van der Waals surface area contributed by atoms with Crippen molar-refractivity contribution in [3.63, 3.8) is 0 Å². The highest BCUT2D eigenvalue weighted by Gasteiger charge is 2.19. The predicted molar refractivity (Wildman–Crippen MR) is 237 cm³/mol. The molecule has 268 valence electrons. The number of rotatable bonds is 7. The molecule has 0 radical (unpaired) electrons. The number of benzene rings is 9. The van der Waals surface area contributed by atoms with E-state index in [1.165, 1.54) is 32.9 Å². The summed E-state index contributed by atoms with van der Waals surface area (Å²) in [5, 5.41) is 4.63. The summed E-state index contributed by atoms with van der Waals surface area (Å²) in [6.07, 6.45) is 0. The van der Waals surface area contributed by atoms with Gasteiger partial charge < -0.3 is 13.9 Å². The van der Waals surface area contributed by atoms with Crippen molar-refractivity contribution in [3.8, 4) is 39.4 Å². The number of oxazole rings is 1. The highest BCUT2D eigenvalue weighted by molar-refractivity contribution is 6.12. The molecule has 0 aliphatic rings. The average molecular weight is 730 g/mol. The molecule has 0 saturated carbocycles.